The largest absolute Gasteiger partial charge is 0.480 e. The maximum absolute atomic E-state index is 10.3. The van der Waals surface area contributed by atoms with Crippen molar-refractivity contribution in [2.24, 2.45) is 11.8 Å². The molecule has 0 heterocycles. The maximum atomic E-state index is 10.3. The summed E-state index contributed by atoms with van der Waals surface area (Å²) in [6.07, 6.45) is 6.76. The first kappa shape index (κ1) is 7.80. The Morgan fingerprint density at radius 1 is 1.67 bits per heavy atom. The van der Waals surface area contributed by atoms with E-state index in [0.29, 0.717) is 12.0 Å². The zero-order valence-corrected chi connectivity index (χ0v) is 6.86. The van der Waals surface area contributed by atoms with Crippen LogP contribution >= 0.6 is 0 Å². The van der Waals surface area contributed by atoms with Crippen LogP contribution in [0.2, 0.25) is 0 Å². The normalized spacial score (nSPS) is 37.5. The zero-order chi connectivity index (χ0) is 8.55. The van der Waals surface area contributed by atoms with Crippen molar-refractivity contribution in [3.05, 3.63) is 12.2 Å². The molecule has 66 valence electrons. The second kappa shape index (κ2) is 2.90. The summed E-state index contributed by atoms with van der Waals surface area (Å²) >= 11 is 0. The third-order valence-corrected chi connectivity index (χ3v) is 2.88. The second-order valence-electron chi connectivity index (χ2n) is 3.62. The summed E-state index contributed by atoms with van der Waals surface area (Å²) in [5, 5.41) is 11.5. The number of allylic oxidation sites excluding steroid dienone is 1. The van der Waals surface area contributed by atoms with Crippen LogP contribution in [0, 0.1) is 11.8 Å². The summed E-state index contributed by atoms with van der Waals surface area (Å²) in [4.78, 5) is 10.3. The number of carbonyl (C=O) groups is 1. The summed E-state index contributed by atoms with van der Waals surface area (Å²) in [5.74, 6) is 0.654. The number of carboxylic acids is 1. The van der Waals surface area contributed by atoms with Gasteiger partial charge in [-0.25, -0.2) is 0 Å². The van der Waals surface area contributed by atoms with E-state index in [4.69, 9.17) is 5.11 Å². The fourth-order valence-corrected chi connectivity index (χ4v) is 2.17. The Kier molecular flexibility index (Phi) is 1.89. The maximum Gasteiger partial charge on any atom is 0.317 e. The number of carboxylic acid groups (broad SMARTS) is 1. The number of fused-ring (bicyclic) bond motifs is 1. The third kappa shape index (κ3) is 1.25. The van der Waals surface area contributed by atoms with Crippen molar-refractivity contribution in [1.82, 2.24) is 5.32 Å². The van der Waals surface area contributed by atoms with Crippen LogP contribution in [0.1, 0.15) is 12.8 Å². The lowest BCUT2D eigenvalue weighted by Crippen LogP contribution is -2.49. The molecule has 3 heteroatoms. The number of hydrogen-bond donors (Lipinski definition) is 2. The lowest BCUT2D eigenvalue weighted by atomic mass is 9.71. The van der Waals surface area contributed by atoms with Crippen LogP contribution in [-0.4, -0.2) is 23.7 Å². The first-order valence-electron chi connectivity index (χ1n) is 4.39. The minimum Gasteiger partial charge on any atom is -0.480 e. The standard InChI is InChI=1S/C9H13NO2/c11-9(12)5-10-8-4-6-2-1-3-7(6)8/h1,3,6-8,10H,2,4-5H2,(H,11,12). The fraction of sp³-hybridized carbons (Fsp3) is 0.667. The Labute approximate surface area is 71.5 Å². The van der Waals surface area contributed by atoms with Gasteiger partial charge < -0.3 is 10.4 Å². The van der Waals surface area contributed by atoms with Crippen LogP contribution in [0.15, 0.2) is 12.2 Å². The Morgan fingerprint density at radius 2 is 2.50 bits per heavy atom. The predicted octanol–water partition coefficient (Wildman–Crippen LogP) is 0.625. The van der Waals surface area contributed by atoms with Crippen molar-refractivity contribution < 1.29 is 9.90 Å². The molecule has 0 radical (unpaired) electrons. The van der Waals surface area contributed by atoms with Crippen molar-refractivity contribution in [3.8, 4) is 0 Å². The highest BCUT2D eigenvalue weighted by Gasteiger charge is 2.40. The Hall–Kier alpha value is -0.830. The molecule has 0 aromatic rings. The Bertz CT molecular complexity index is 225. The van der Waals surface area contributed by atoms with E-state index in [1.54, 1.807) is 0 Å². The van der Waals surface area contributed by atoms with Gasteiger partial charge >= 0.3 is 5.97 Å². The van der Waals surface area contributed by atoms with Crippen LogP contribution in [0.25, 0.3) is 0 Å². The van der Waals surface area contributed by atoms with Gasteiger partial charge in [0.2, 0.25) is 0 Å². The number of rotatable bonds is 3. The van der Waals surface area contributed by atoms with Gasteiger partial charge in [-0.2, -0.15) is 0 Å². The monoisotopic (exact) mass is 167 g/mol. The number of aliphatic carboxylic acids is 1. The smallest absolute Gasteiger partial charge is 0.317 e. The van der Waals surface area contributed by atoms with Crippen LogP contribution in [0.5, 0.6) is 0 Å². The average molecular weight is 167 g/mol. The van der Waals surface area contributed by atoms with Gasteiger partial charge in [0.15, 0.2) is 0 Å². The first-order chi connectivity index (χ1) is 5.77. The van der Waals surface area contributed by atoms with Gasteiger partial charge in [0, 0.05) is 6.04 Å². The molecule has 0 aromatic carbocycles. The van der Waals surface area contributed by atoms with Gasteiger partial charge in [0.1, 0.15) is 0 Å². The molecule has 0 aliphatic heterocycles. The lowest BCUT2D eigenvalue weighted by Gasteiger charge is -2.40. The molecule has 2 rings (SSSR count). The lowest BCUT2D eigenvalue weighted by molar-refractivity contribution is -0.136. The first-order valence-corrected chi connectivity index (χ1v) is 4.39. The third-order valence-electron chi connectivity index (χ3n) is 2.88. The molecule has 0 bridgehead atoms. The molecular weight excluding hydrogens is 154 g/mol. The van der Waals surface area contributed by atoms with Gasteiger partial charge in [0.05, 0.1) is 6.54 Å². The van der Waals surface area contributed by atoms with Crippen LogP contribution in [0.4, 0.5) is 0 Å². The van der Waals surface area contributed by atoms with Crippen molar-refractivity contribution in [2.75, 3.05) is 6.54 Å². The van der Waals surface area contributed by atoms with Crippen LogP contribution in [-0.2, 0) is 4.79 Å². The van der Waals surface area contributed by atoms with Gasteiger partial charge in [0.25, 0.3) is 0 Å². The molecule has 3 atom stereocenters. The predicted molar refractivity (Wildman–Crippen MR) is 44.8 cm³/mol. The minimum atomic E-state index is -0.763. The van der Waals surface area contributed by atoms with E-state index in [1.807, 2.05) is 0 Å². The number of hydrogen-bond acceptors (Lipinski definition) is 2. The minimum absolute atomic E-state index is 0.0989. The van der Waals surface area contributed by atoms with E-state index in [2.05, 4.69) is 17.5 Å². The van der Waals surface area contributed by atoms with Crippen molar-refractivity contribution in [3.63, 3.8) is 0 Å². The highest BCUT2D eigenvalue weighted by atomic mass is 16.4. The SMILES string of the molecule is O=C(O)CNC1CC2CC=CC21. The molecule has 0 amide bonds. The summed E-state index contributed by atoms with van der Waals surface area (Å²) in [6.45, 7) is 0.0989. The summed E-state index contributed by atoms with van der Waals surface area (Å²) in [5.41, 5.74) is 0. The highest BCUT2D eigenvalue weighted by molar-refractivity contribution is 5.69. The summed E-state index contributed by atoms with van der Waals surface area (Å²) in [6, 6.07) is 0.421. The topological polar surface area (TPSA) is 49.3 Å². The van der Waals surface area contributed by atoms with Gasteiger partial charge in [-0.3, -0.25) is 4.79 Å². The molecule has 2 aliphatic carbocycles. The summed E-state index contributed by atoms with van der Waals surface area (Å²) < 4.78 is 0. The second-order valence-corrected chi connectivity index (χ2v) is 3.62. The van der Waals surface area contributed by atoms with E-state index in [1.165, 1.54) is 6.42 Å². The zero-order valence-electron chi connectivity index (χ0n) is 6.86. The quantitative estimate of drug-likeness (QED) is 0.606. The van der Waals surface area contributed by atoms with Crippen LogP contribution in [0.3, 0.4) is 0 Å². The summed E-state index contributed by atoms with van der Waals surface area (Å²) in [7, 11) is 0. The molecule has 3 nitrogen and oxygen atoms in total. The Morgan fingerprint density at radius 3 is 3.17 bits per heavy atom. The van der Waals surface area contributed by atoms with Gasteiger partial charge in [-0.05, 0) is 24.7 Å². The molecule has 0 spiro atoms. The van der Waals surface area contributed by atoms with Gasteiger partial charge in [-0.1, -0.05) is 12.2 Å². The van der Waals surface area contributed by atoms with Crippen molar-refractivity contribution >= 4 is 5.97 Å². The van der Waals surface area contributed by atoms with E-state index in [9.17, 15) is 4.79 Å². The van der Waals surface area contributed by atoms with E-state index < -0.39 is 5.97 Å². The Balaban J connectivity index is 1.77. The molecule has 1 fully saturated rings. The molecule has 2 N–H and O–H groups in total. The fourth-order valence-electron chi connectivity index (χ4n) is 2.17. The van der Waals surface area contributed by atoms with Crippen molar-refractivity contribution in [1.29, 1.82) is 0 Å². The number of nitrogens with one attached hydrogen (secondary N) is 1. The van der Waals surface area contributed by atoms with E-state index >= 15 is 0 Å². The molecule has 2 aliphatic rings. The van der Waals surface area contributed by atoms with Crippen molar-refractivity contribution in [2.45, 2.75) is 18.9 Å². The molecule has 0 aromatic heterocycles. The molecule has 0 saturated heterocycles. The average Bonchev–Trinajstić information content (AvgIpc) is 2.32. The molecule has 3 unspecified atom stereocenters. The van der Waals surface area contributed by atoms with Crippen LogP contribution < -0.4 is 5.32 Å². The molecule has 1 saturated carbocycles. The van der Waals surface area contributed by atoms with E-state index in [-0.39, 0.29) is 6.54 Å². The highest BCUT2D eigenvalue weighted by Crippen LogP contribution is 2.42. The molecular formula is C9H13NO2. The van der Waals surface area contributed by atoms with E-state index in [0.717, 1.165) is 12.3 Å². The van der Waals surface area contributed by atoms with Gasteiger partial charge in [-0.15, -0.1) is 0 Å². The molecule has 12 heavy (non-hydrogen) atoms.